The number of carbonyl (C=O) groups excluding carboxylic acids is 1. The number of rotatable bonds is 2. The predicted molar refractivity (Wildman–Crippen MR) is 109 cm³/mol. The molecule has 10 heteroatoms. The van der Waals surface area contributed by atoms with Gasteiger partial charge >= 0.3 is 0 Å². The maximum absolute atomic E-state index is 13.0. The lowest BCUT2D eigenvalue weighted by atomic mass is 10.3. The SMILES string of the molecule is CCN1C(=O)/C(=C2/Sc3ccc(Cl)cc3N2C)SC1=Nc1nnc(C)s1. The molecule has 3 heterocycles. The molecule has 1 amide bonds. The molecule has 0 bridgehead atoms. The summed E-state index contributed by atoms with van der Waals surface area (Å²) in [5, 5.41) is 11.6. The second-order valence-corrected chi connectivity index (χ2v) is 9.16. The lowest BCUT2D eigenvalue weighted by Crippen LogP contribution is -2.29. The third kappa shape index (κ3) is 3.02. The molecule has 0 saturated carbocycles. The lowest BCUT2D eigenvalue weighted by Gasteiger charge is -2.15. The van der Waals surface area contributed by atoms with E-state index in [9.17, 15) is 4.79 Å². The van der Waals surface area contributed by atoms with Crippen LogP contribution in [-0.2, 0) is 4.79 Å². The number of halogens is 1. The molecule has 1 fully saturated rings. The topological polar surface area (TPSA) is 61.7 Å². The Hall–Kier alpha value is -1.55. The monoisotopic (exact) mass is 423 g/mol. The van der Waals surface area contributed by atoms with Gasteiger partial charge in [0, 0.05) is 23.5 Å². The molecule has 1 aromatic carbocycles. The average molecular weight is 424 g/mol. The number of fused-ring (bicyclic) bond motifs is 1. The minimum absolute atomic E-state index is 0.0364. The number of aromatic nitrogens is 2. The Morgan fingerprint density at radius 1 is 1.27 bits per heavy atom. The van der Waals surface area contributed by atoms with Crippen molar-refractivity contribution in [1.82, 2.24) is 15.1 Å². The number of aryl methyl sites for hydroxylation is 1. The molecule has 0 N–H and O–H groups in total. The zero-order valence-electron chi connectivity index (χ0n) is 14.2. The molecule has 1 aromatic heterocycles. The van der Waals surface area contributed by atoms with Gasteiger partial charge in [0.2, 0.25) is 5.13 Å². The number of anilines is 1. The summed E-state index contributed by atoms with van der Waals surface area (Å²) in [6.07, 6.45) is 0. The second kappa shape index (κ2) is 6.88. The van der Waals surface area contributed by atoms with Crippen LogP contribution in [0.3, 0.4) is 0 Å². The Bertz CT molecular complexity index is 971. The fraction of sp³-hybridized carbons (Fsp3) is 0.250. The van der Waals surface area contributed by atoms with Gasteiger partial charge in [0.15, 0.2) is 5.17 Å². The van der Waals surface area contributed by atoms with E-state index in [1.807, 2.05) is 44.0 Å². The van der Waals surface area contributed by atoms with Crippen molar-refractivity contribution >= 4 is 68.4 Å². The molecule has 2 aliphatic rings. The van der Waals surface area contributed by atoms with Crippen LogP contribution in [0.1, 0.15) is 11.9 Å². The van der Waals surface area contributed by atoms with Gasteiger partial charge in [-0.25, -0.2) is 0 Å². The van der Waals surface area contributed by atoms with Crippen LogP contribution in [0.4, 0.5) is 10.8 Å². The van der Waals surface area contributed by atoms with Crippen LogP contribution in [0.2, 0.25) is 5.02 Å². The maximum atomic E-state index is 13.0. The number of likely N-dealkylation sites (N-methyl/N-ethyl adjacent to an activating group) is 1. The molecule has 0 unspecified atom stereocenters. The van der Waals surface area contributed by atoms with Crippen LogP contribution in [0.25, 0.3) is 0 Å². The van der Waals surface area contributed by atoms with Gasteiger partial charge in [-0.3, -0.25) is 9.69 Å². The summed E-state index contributed by atoms with van der Waals surface area (Å²) in [4.78, 5) is 22.9. The van der Waals surface area contributed by atoms with Gasteiger partial charge in [-0.15, -0.1) is 10.2 Å². The van der Waals surface area contributed by atoms with E-state index in [2.05, 4.69) is 15.2 Å². The van der Waals surface area contributed by atoms with Crippen LogP contribution in [0.5, 0.6) is 0 Å². The minimum Gasteiger partial charge on any atom is -0.337 e. The Morgan fingerprint density at radius 3 is 2.77 bits per heavy atom. The van der Waals surface area contributed by atoms with Gasteiger partial charge in [0.1, 0.15) is 9.91 Å². The summed E-state index contributed by atoms with van der Waals surface area (Å²) in [6.45, 7) is 4.37. The van der Waals surface area contributed by atoms with Crippen molar-refractivity contribution < 1.29 is 4.79 Å². The molecule has 134 valence electrons. The van der Waals surface area contributed by atoms with E-state index in [4.69, 9.17) is 11.6 Å². The van der Waals surface area contributed by atoms with Crippen molar-refractivity contribution in [2.24, 2.45) is 4.99 Å². The molecule has 4 rings (SSSR count). The van der Waals surface area contributed by atoms with E-state index in [0.717, 1.165) is 20.6 Å². The normalized spacial score (nSPS) is 21.2. The minimum atomic E-state index is -0.0364. The van der Waals surface area contributed by atoms with Gasteiger partial charge in [-0.05, 0) is 43.8 Å². The number of aliphatic imine (C=N–C) groups is 1. The standard InChI is InChI=1S/C16H14ClN5OS3/c1-4-22-13(23)12(26-16(22)18-15-20-19-8(2)24-15)14-21(3)10-7-9(17)5-6-11(10)25-14/h5-7H,4H2,1-3H3/b14-12-,18-16?. The molecular weight excluding hydrogens is 410 g/mol. The molecular formula is C16H14ClN5OS3. The molecule has 0 atom stereocenters. The summed E-state index contributed by atoms with van der Waals surface area (Å²) in [7, 11) is 1.95. The van der Waals surface area contributed by atoms with Crippen LogP contribution in [0.15, 0.2) is 38.0 Å². The van der Waals surface area contributed by atoms with Crippen molar-refractivity contribution in [2.45, 2.75) is 18.7 Å². The van der Waals surface area contributed by atoms with Crippen molar-refractivity contribution in [3.8, 4) is 0 Å². The quantitative estimate of drug-likeness (QED) is 0.663. The average Bonchev–Trinajstić information content (AvgIpc) is 3.25. The van der Waals surface area contributed by atoms with Gasteiger partial charge in [-0.1, -0.05) is 34.7 Å². The van der Waals surface area contributed by atoms with Crippen molar-refractivity contribution in [2.75, 3.05) is 18.5 Å². The van der Waals surface area contributed by atoms with Crippen LogP contribution >= 0.6 is 46.5 Å². The first-order chi connectivity index (χ1) is 12.5. The first-order valence-corrected chi connectivity index (χ1v) is 10.6. The largest absolute Gasteiger partial charge is 0.337 e. The molecule has 2 aromatic rings. The Balaban J connectivity index is 1.73. The van der Waals surface area contributed by atoms with E-state index in [0.29, 0.717) is 26.8 Å². The first-order valence-electron chi connectivity index (χ1n) is 7.82. The van der Waals surface area contributed by atoms with E-state index in [1.165, 1.54) is 23.1 Å². The summed E-state index contributed by atoms with van der Waals surface area (Å²) < 4.78 is 0. The van der Waals surface area contributed by atoms with Crippen LogP contribution in [-0.4, -0.2) is 39.8 Å². The number of hydrogen-bond donors (Lipinski definition) is 0. The predicted octanol–water partition coefficient (Wildman–Crippen LogP) is 4.49. The smallest absolute Gasteiger partial charge is 0.269 e. The third-order valence-electron chi connectivity index (χ3n) is 3.87. The highest BCUT2D eigenvalue weighted by Crippen LogP contribution is 2.50. The molecule has 0 radical (unpaired) electrons. The van der Waals surface area contributed by atoms with Crippen molar-refractivity contribution in [1.29, 1.82) is 0 Å². The summed E-state index contributed by atoms with van der Waals surface area (Å²) >= 11 is 10.5. The molecule has 0 spiro atoms. The highest BCUT2D eigenvalue weighted by atomic mass is 35.5. The molecule has 2 aliphatic heterocycles. The second-order valence-electron chi connectivity index (χ2n) is 5.56. The number of thioether (sulfide) groups is 2. The van der Waals surface area contributed by atoms with Gasteiger partial charge < -0.3 is 4.90 Å². The number of carbonyl (C=O) groups is 1. The molecule has 6 nitrogen and oxygen atoms in total. The van der Waals surface area contributed by atoms with Crippen LogP contribution < -0.4 is 4.90 Å². The van der Waals surface area contributed by atoms with E-state index in [-0.39, 0.29) is 5.91 Å². The van der Waals surface area contributed by atoms with Crippen LogP contribution in [0, 0.1) is 6.92 Å². The Morgan fingerprint density at radius 2 is 2.08 bits per heavy atom. The third-order valence-corrected chi connectivity index (χ3v) is 7.27. The van der Waals surface area contributed by atoms with E-state index in [1.54, 1.807) is 16.7 Å². The molecule has 1 saturated heterocycles. The fourth-order valence-corrected chi connectivity index (χ4v) is 5.78. The van der Waals surface area contributed by atoms with Gasteiger partial charge in [0.25, 0.3) is 5.91 Å². The van der Waals surface area contributed by atoms with E-state index < -0.39 is 0 Å². The number of amidine groups is 1. The van der Waals surface area contributed by atoms with Gasteiger partial charge in [-0.2, -0.15) is 4.99 Å². The molecule has 26 heavy (non-hydrogen) atoms. The number of amides is 1. The van der Waals surface area contributed by atoms with Crippen molar-refractivity contribution in [3.05, 3.63) is 38.2 Å². The highest BCUT2D eigenvalue weighted by Gasteiger charge is 2.38. The Kier molecular flexibility index (Phi) is 4.72. The van der Waals surface area contributed by atoms with Gasteiger partial charge in [0.05, 0.1) is 10.7 Å². The fourth-order valence-electron chi connectivity index (χ4n) is 2.63. The van der Waals surface area contributed by atoms with E-state index >= 15 is 0 Å². The highest BCUT2D eigenvalue weighted by molar-refractivity contribution is 8.19. The molecule has 0 aliphatic carbocycles. The zero-order valence-corrected chi connectivity index (χ0v) is 17.4. The number of hydrogen-bond acceptors (Lipinski definition) is 8. The Labute approximate surface area is 168 Å². The zero-order chi connectivity index (χ0) is 18.4. The number of nitrogens with zero attached hydrogens (tertiary/aromatic N) is 5. The lowest BCUT2D eigenvalue weighted by molar-refractivity contribution is -0.122. The summed E-state index contributed by atoms with van der Waals surface area (Å²) in [6, 6.07) is 5.76. The number of benzene rings is 1. The first kappa shape index (κ1) is 17.8. The summed E-state index contributed by atoms with van der Waals surface area (Å²) in [5.74, 6) is -0.0364. The summed E-state index contributed by atoms with van der Waals surface area (Å²) in [5.41, 5.74) is 1.01. The maximum Gasteiger partial charge on any atom is 0.269 e. The van der Waals surface area contributed by atoms with Crippen molar-refractivity contribution in [3.63, 3.8) is 0 Å².